The maximum atomic E-state index is 10.4. The third-order valence-corrected chi connectivity index (χ3v) is 9.83. The Bertz CT molecular complexity index is 1190. The minimum absolute atomic E-state index is 0.566. The van der Waals surface area contributed by atoms with Crippen LogP contribution < -0.4 is 4.90 Å². The van der Waals surface area contributed by atoms with Crippen molar-refractivity contribution in [2.24, 2.45) is 0 Å². The van der Waals surface area contributed by atoms with E-state index in [1.807, 2.05) is 11.3 Å². The van der Waals surface area contributed by atoms with Crippen molar-refractivity contribution in [3.63, 3.8) is 0 Å². The van der Waals surface area contributed by atoms with Crippen molar-refractivity contribution in [3.05, 3.63) is 58.1 Å². The van der Waals surface area contributed by atoms with E-state index in [9.17, 15) is 5.26 Å². The Morgan fingerprint density at radius 3 is 2.25 bits per heavy atom. The summed E-state index contributed by atoms with van der Waals surface area (Å²) < 4.78 is 1.28. The molecule has 4 nitrogen and oxygen atoms in total. The predicted octanol–water partition coefficient (Wildman–Crippen LogP) is 7.59. The van der Waals surface area contributed by atoms with Crippen LogP contribution in [0.2, 0.25) is 0 Å². The first-order valence-corrected chi connectivity index (χ1v) is 15.0. The Hall–Kier alpha value is -2.42. The first-order valence-electron chi connectivity index (χ1n) is 14.2. The third-order valence-electron chi connectivity index (χ3n) is 8.81. The number of nitrogens with zero attached hydrogens (tertiary/aromatic N) is 4. The van der Waals surface area contributed by atoms with E-state index >= 15 is 0 Å². The Morgan fingerprint density at radius 1 is 0.861 bits per heavy atom. The number of piperazine rings is 1. The van der Waals surface area contributed by atoms with Crippen molar-refractivity contribution in [1.82, 2.24) is 9.88 Å². The summed E-state index contributed by atoms with van der Waals surface area (Å²) in [5, 5.41) is 11.6. The first kappa shape index (κ1) is 23.9. The number of anilines is 1. The van der Waals surface area contributed by atoms with Crippen molar-refractivity contribution >= 4 is 27.2 Å². The molecule has 1 aliphatic heterocycles. The Balaban J connectivity index is 1.23. The Kier molecular flexibility index (Phi) is 7.26. The number of hydrogen-bond acceptors (Lipinski definition) is 5. The summed E-state index contributed by atoms with van der Waals surface area (Å²) in [5.74, 6) is 1.24. The molecule has 188 valence electrons. The lowest BCUT2D eigenvalue weighted by atomic mass is 9.78. The van der Waals surface area contributed by atoms with Gasteiger partial charge in [-0.15, -0.1) is 11.3 Å². The van der Waals surface area contributed by atoms with Crippen molar-refractivity contribution in [2.45, 2.75) is 82.6 Å². The van der Waals surface area contributed by atoms with Gasteiger partial charge < -0.3 is 4.90 Å². The van der Waals surface area contributed by atoms with Gasteiger partial charge in [0.15, 0.2) is 0 Å². The number of rotatable bonds is 5. The largest absolute Gasteiger partial charge is 0.368 e. The molecule has 1 aromatic heterocycles. The molecule has 0 unspecified atom stereocenters. The fourth-order valence-electron chi connectivity index (χ4n) is 6.78. The molecule has 36 heavy (non-hydrogen) atoms. The fraction of sp³-hybridized carbons (Fsp3) is 0.548. The van der Waals surface area contributed by atoms with E-state index < -0.39 is 0 Å². The van der Waals surface area contributed by atoms with E-state index in [0.29, 0.717) is 11.8 Å². The summed E-state index contributed by atoms with van der Waals surface area (Å²) in [7, 11) is 0. The molecule has 3 aliphatic rings. The Labute approximate surface area is 219 Å². The monoisotopic (exact) mass is 498 g/mol. The lowest BCUT2D eigenvalue weighted by Crippen LogP contribution is -2.46. The minimum atomic E-state index is 0.566. The number of para-hydroxylation sites is 1. The van der Waals surface area contributed by atoms with E-state index in [2.05, 4.69) is 52.3 Å². The zero-order valence-electron chi connectivity index (χ0n) is 21.4. The molecule has 3 aromatic rings. The topological polar surface area (TPSA) is 43.2 Å². The first-order chi connectivity index (χ1) is 17.8. The van der Waals surface area contributed by atoms with Crippen molar-refractivity contribution < 1.29 is 0 Å². The lowest BCUT2D eigenvalue weighted by Gasteiger charge is -2.37. The van der Waals surface area contributed by atoms with Gasteiger partial charge >= 0.3 is 0 Å². The molecule has 2 heterocycles. The van der Waals surface area contributed by atoms with Gasteiger partial charge in [-0.3, -0.25) is 4.90 Å². The van der Waals surface area contributed by atoms with Gasteiger partial charge in [0.05, 0.1) is 28.0 Å². The molecule has 0 radical (unpaired) electrons. The molecule has 2 saturated carbocycles. The molecule has 2 aromatic carbocycles. The van der Waals surface area contributed by atoms with Gasteiger partial charge in [0.1, 0.15) is 11.1 Å². The van der Waals surface area contributed by atoms with E-state index in [4.69, 9.17) is 4.98 Å². The summed E-state index contributed by atoms with van der Waals surface area (Å²) in [5.41, 5.74) is 6.19. The summed E-state index contributed by atoms with van der Waals surface area (Å²) in [6, 6.07) is 16.0. The second-order valence-electron chi connectivity index (χ2n) is 11.1. The van der Waals surface area contributed by atoms with Crippen molar-refractivity contribution in [1.29, 1.82) is 5.26 Å². The van der Waals surface area contributed by atoms with Crippen LogP contribution >= 0.6 is 11.3 Å². The van der Waals surface area contributed by atoms with Crippen LogP contribution in [0.15, 0.2) is 36.4 Å². The summed E-state index contributed by atoms with van der Waals surface area (Å²) in [6.45, 7) is 4.93. The van der Waals surface area contributed by atoms with Crippen molar-refractivity contribution in [3.8, 4) is 6.07 Å². The van der Waals surface area contributed by atoms with Gasteiger partial charge in [0.25, 0.3) is 0 Å². The second kappa shape index (κ2) is 10.9. The van der Waals surface area contributed by atoms with E-state index in [0.717, 1.165) is 43.8 Å². The van der Waals surface area contributed by atoms with E-state index in [1.165, 1.54) is 90.7 Å². The maximum absolute atomic E-state index is 10.4. The number of benzene rings is 2. The molecular weight excluding hydrogens is 460 g/mol. The van der Waals surface area contributed by atoms with Gasteiger partial charge in [-0.05, 0) is 66.8 Å². The quantitative estimate of drug-likeness (QED) is 0.363. The highest BCUT2D eigenvalue weighted by Crippen LogP contribution is 2.42. The highest BCUT2D eigenvalue weighted by Gasteiger charge is 2.28. The number of hydrogen-bond donors (Lipinski definition) is 0. The molecule has 0 bridgehead atoms. The van der Waals surface area contributed by atoms with Gasteiger partial charge in [-0.2, -0.15) is 5.26 Å². The van der Waals surface area contributed by atoms with Crippen molar-refractivity contribution in [2.75, 3.05) is 31.1 Å². The SMILES string of the molecule is N#Cc1c(C2CCCCC2)cc(C2CCCCC2)cc1N1CCN(Cc2nc3ccccc3s2)CC1. The van der Waals surface area contributed by atoms with Gasteiger partial charge in [-0.1, -0.05) is 56.7 Å². The van der Waals surface area contributed by atoms with Crippen LogP contribution in [-0.2, 0) is 6.54 Å². The van der Waals surface area contributed by atoms with Crippen LogP contribution in [0.5, 0.6) is 0 Å². The van der Waals surface area contributed by atoms with Crippen LogP contribution in [0.25, 0.3) is 10.2 Å². The van der Waals surface area contributed by atoms with Crippen LogP contribution in [0, 0.1) is 11.3 Å². The van der Waals surface area contributed by atoms with Crippen LogP contribution in [0.4, 0.5) is 5.69 Å². The van der Waals surface area contributed by atoms with E-state index in [-0.39, 0.29) is 0 Å². The minimum Gasteiger partial charge on any atom is -0.368 e. The molecule has 6 rings (SSSR count). The maximum Gasteiger partial charge on any atom is 0.108 e. The summed E-state index contributed by atoms with van der Waals surface area (Å²) in [6.07, 6.45) is 13.2. The molecule has 0 spiro atoms. The molecule has 0 amide bonds. The zero-order chi connectivity index (χ0) is 24.3. The van der Waals surface area contributed by atoms with Gasteiger partial charge in [-0.25, -0.2) is 4.98 Å². The zero-order valence-corrected chi connectivity index (χ0v) is 22.2. The number of aromatic nitrogens is 1. The molecular formula is C31H38N4S. The standard InChI is InChI=1S/C31H38N4S/c32-21-27-26(24-11-5-2-6-12-24)19-25(23-9-3-1-4-10-23)20-29(27)35-17-15-34(16-18-35)22-31-33-28-13-7-8-14-30(28)36-31/h7-8,13-14,19-20,23-24H,1-6,9-12,15-18,22H2. The molecule has 3 fully saturated rings. The van der Waals surface area contributed by atoms with E-state index in [1.54, 1.807) is 0 Å². The molecule has 0 atom stereocenters. The predicted molar refractivity (Wildman–Crippen MR) is 150 cm³/mol. The number of nitriles is 1. The van der Waals surface area contributed by atoms with Gasteiger partial charge in [0, 0.05) is 26.2 Å². The third kappa shape index (κ3) is 5.04. The molecule has 5 heteroatoms. The highest BCUT2D eigenvalue weighted by molar-refractivity contribution is 7.18. The molecule has 0 N–H and O–H groups in total. The second-order valence-corrected chi connectivity index (χ2v) is 12.2. The lowest BCUT2D eigenvalue weighted by molar-refractivity contribution is 0.249. The van der Waals surface area contributed by atoms with Gasteiger partial charge in [0.2, 0.25) is 0 Å². The van der Waals surface area contributed by atoms with Crippen LogP contribution in [0.3, 0.4) is 0 Å². The average Bonchev–Trinajstić information content (AvgIpc) is 3.36. The molecule has 1 saturated heterocycles. The average molecular weight is 499 g/mol. The number of fused-ring (bicyclic) bond motifs is 1. The Morgan fingerprint density at radius 2 is 1.56 bits per heavy atom. The van der Waals surface area contributed by atoms with Crippen LogP contribution in [0.1, 0.15) is 97.7 Å². The summed E-state index contributed by atoms with van der Waals surface area (Å²) >= 11 is 1.82. The van der Waals surface area contributed by atoms with Crippen LogP contribution in [-0.4, -0.2) is 36.1 Å². The smallest absolute Gasteiger partial charge is 0.108 e. The fourth-order valence-corrected chi connectivity index (χ4v) is 7.79. The molecule has 2 aliphatic carbocycles. The normalized spacial score (nSPS) is 20.6. The number of thiazole rings is 1. The highest BCUT2D eigenvalue weighted by atomic mass is 32.1. The summed E-state index contributed by atoms with van der Waals surface area (Å²) in [4.78, 5) is 9.91.